The number of hydrogen-bond donors (Lipinski definition) is 4. The van der Waals surface area contributed by atoms with Crippen molar-refractivity contribution in [2.75, 3.05) is 18.8 Å². The van der Waals surface area contributed by atoms with E-state index in [1.54, 1.807) is 30.6 Å². The lowest BCUT2D eigenvalue weighted by molar-refractivity contribution is 0.0769. The first kappa shape index (κ1) is 38.5. The number of hydrogen-bond acceptors (Lipinski definition) is 8. The van der Waals surface area contributed by atoms with Gasteiger partial charge in [-0.15, -0.1) is 24.8 Å². The Morgan fingerprint density at radius 1 is 1.04 bits per heavy atom. The van der Waals surface area contributed by atoms with Gasteiger partial charge in [0.1, 0.15) is 5.75 Å². The summed E-state index contributed by atoms with van der Waals surface area (Å²) in [5.74, 6) is -0.754. The third kappa shape index (κ3) is 12.5. The minimum Gasteiger partial charge on any atom is -0.490 e. The summed E-state index contributed by atoms with van der Waals surface area (Å²) in [6, 6.07) is 17.0. The van der Waals surface area contributed by atoms with Gasteiger partial charge in [0.05, 0.1) is 29.1 Å². The van der Waals surface area contributed by atoms with Crippen LogP contribution in [0.2, 0.25) is 0 Å². The van der Waals surface area contributed by atoms with E-state index in [4.69, 9.17) is 4.74 Å². The molecule has 0 radical (unpaired) electrons. The Hall–Kier alpha value is -2.73. The van der Waals surface area contributed by atoms with Crippen LogP contribution < -0.4 is 14.8 Å². The van der Waals surface area contributed by atoms with Crippen LogP contribution in [0.25, 0.3) is 11.1 Å². The molecule has 0 saturated heterocycles. The Morgan fingerprint density at radius 3 is 2.38 bits per heavy atom. The lowest BCUT2D eigenvalue weighted by Gasteiger charge is -2.24. The molecule has 0 spiro atoms. The van der Waals surface area contributed by atoms with Gasteiger partial charge >= 0.3 is 0 Å². The van der Waals surface area contributed by atoms with Crippen molar-refractivity contribution in [2.45, 2.75) is 76.6 Å². The Morgan fingerprint density at radius 2 is 1.73 bits per heavy atom. The van der Waals surface area contributed by atoms with Crippen molar-refractivity contribution >= 4 is 40.7 Å². The number of benzene rings is 2. The van der Waals surface area contributed by atoms with E-state index >= 15 is 0 Å². The van der Waals surface area contributed by atoms with Gasteiger partial charge in [-0.3, -0.25) is 9.78 Å². The molecule has 1 aliphatic rings. The Kier molecular flexibility index (Phi) is 15.2. The number of ether oxygens (including phenoxy) is 1. The smallest absolute Gasteiger partial charge is 0.268 e. The SMILES string of the molecule is CC(C)(O)CCS(=O)(=O)NC(=O)c1ccc(-c2ccc(CCNC[C@@H](O)c3cccnc3)cc2)cc1OC1CCCCC1.Cl.Cl. The number of carbonyl (C=O) groups is 1. The first-order chi connectivity index (χ1) is 20.5. The van der Waals surface area contributed by atoms with Crippen LogP contribution >= 0.6 is 24.8 Å². The summed E-state index contributed by atoms with van der Waals surface area (Å²) in [6.45, 7) is 4.20. The Labute approximate surface area is 279 Å². The van der Waals surface area contributed by atoms with Crippen molar-refractivity contribution < 1.29 is 28.2 Å². The number of pyridine rings is 1. The van der Waals surface area contributed by atoms with Crippen LogP contribution in [0.1, 0.15) is 80.0 Å². The molecule has 0 bridgehead atoms. The van der Waals surface area contributed by atoms with Crippen molar-refractivity contribution in [2.24, 2.45) is 0 Å². The molecule has 45 heavy (non-hydrogen) atoms. The molecule has 1 heterocycles. The predicted molar refractivity (Wildman–Crippen MR) is 182 cm³/mol. The summed E-state index contributed by atoms with van der Waals surface area (Å²) in [4.78, 5) is 17.2. The molecule has 4 rings (SSSR count). The number of aliphatic hydroxyl groups is 2. The molecule has 1 saturated carbocycles. The van der Waals surface area contributed by atoms with Crippen molar-refractivity contribution in [1.82, 2.24) is 15.0 Å². The van der Waals surface area contributed by atoms with Gasteiger partial charge in [0.2, 0.25) is 10.0 Å². The monoisotopic (exact) mass is 681 g/mol. The van der Waals surface area contributed by atoms with Crippen LogP contribution in [0.5, 0.6) is 5.75 Å². The van der Waals surface area contributed by atoms with E-state index in [1.807, 2.05) is 36.4 Å². The van der Waals surface area contributed by atoms with Crippen molar-refractivity contribution in [3.8, 4) is 16.9 Å². The predicted octanol–water partition coefficient (Wildman–Crippen LogP) is 5.39. The second kappa shape index (κ2) is 17.8. The maximum absolute atomic E-state index is 13.1. The molecule has 2 aromatic carbocycles. The molecular formula is C33H45Cl2N3O6S. The van der Waals surface area contributed by atoms with E-state index < -0.39 is 27.6 Å². The second-order valence-corrected chi connectivity index (χ2v) is 13.7. The molecule has 0 aliphatic heterocycles. The molecule has 248 valence electrons. The summed E-state index contributed by atoms with van der Waals surface area (Å²) in [5.41, 5.74) is 2.72. The zero-order valence-corrected chi connectivity index (χ0v) is 28.2. The zero-order chi connectivity index (χ0) is 30.9. The maximum atomic E-state index is 13.1. The van der Waals surface area contributed by atoms with Crippen LogP contribution in [0, 0.1) is 0 Å². The highest BCUT2D eigenvalue weighted by Crippen LogP contribution is 2.31. The van der Waals surface area contributed by atoms with Crippen molar-refractivity contribution in [3.05, 3.63) is 83.7 Å². The van der Waals surface area contributed by atoms with Crippen LogP contribution in [-0.2, 0) is 16.4 Å². The average Bonchev–Trinajstić information content (AvgIpc) is 2.99. The van der Waals surface area contributed by atoms with Gasteiger partial charge in [-0.05, 0) is 93.8 Å². The van der Waals surface area contributed by atoms with Gasteiger partial charge in [-0.25, -0.2) is 13.1 Å². The summed E-state index contributed by atoms with van der Waals surface area (Å²) >= 11 is 0. The lowest BCUT2D eigenvalue weighted by atomic mass is 9.97. The summed E-state index contributed by atoms with van der Waals surface area (Å²) < 4.78 is 33.6. The normalized spacial score (nSPS) is 14.5. The van der Waals surface area contributed by atoms with Gasteiger partial charge in [-0.2, -0.15) is 0 Å². The molecule has 1 atom stereocenters. The van der Waals surface area contributed by atoms with Crippen LogP contribution in [-0.4, -0.2) is 60.1 Å². The van der Waals surface area contributed by atoms with Crippen LogP contribution in [0.15, 0.2) is 67.0 Å². The van der Waals surface area contributed by atoms with E-state index in [-0.39, 0.29) is 48.7 Å². The van der Waals surface area contributed by atoms with Gasteiger partial charge in [0.15, 0.2) is 0 Å². The molecule has 12 heteroatoms. The fourth-order valence-corrected chi connectivity index (χ4v) is 6.27. The van der Waals surface area contributed by atoms with Gasteiger partial charge < -0.3 is 20.3 Å². The quantitative estimate of drug-likeness (QED) is 0.166. The molecule has 1 amide bonds. The molecule has 1 aromatic heterocycles. The number of nitrogens with one attached hydrogen (secondary N) is 2. The minimum atomic E-state index is -3.94. The van der Waals surface area contributed by atoms with E-state index in [0.29, 0.717) is 18.8 Å². The van der Waals surface area contributed by atoms with E-state index in [2.05, 4.69) is 15.0 Å². The van der Waals surface area contributed by atoms with E-state index in [0.717, 1.165) is 60.8 Å². The number of sulfonamides is 1. The van der Waals surface area contributed by atoms with Crippen LogP contribution in [0.3, 0.4) is 0 Å². The first-order valence-corrected chi connectivity index (χ1v) is 16.6. The topological polar surface area (TPSA) is 138 Å². The number of rotatable bonds is 14. The first-order valence-electron chi connectivity index (χ1n) is 14.9. The fourth-order valence-electron chi connectivity index (χ4n) is 5.01. The maximum Gasteiger partial charge on any atom is 0.268 e. The highest BCUT2D eigenvalue weighted by Gasteiger charge is 2.25. The van der Waals surface area contributed by atoms with Crippen molar-refractivity contribution in [1.29, 1.82) is 0 Å². The fraction of sp³-hybridized carbons (Fsp3) is 0.455. The molecule has 9 nitrogen and oxygen atoms in total. The van der Waals surface area contributed by atoms with E-state index in [9.17, 15) is 23.4 Å². The van der Waals surface area contributed by atoms with Gasteiger partial charge in [0.25, 0.3) is 5.91 Å². The summed E-state index contributed by atoms with van der Waals surface area (Å²) in [5, 5.41) is 23.5. The highest BCUT2D eigenvalue weighted by molar-refractivity contribution is 7.90. The Balaban J connectivity index is 0.00000353. The number of aromatic nitrogens is 1. The number of amides is 1. The largest absolute Gasteiger partial charge is 0.490 e. The standard InChI is InChI=1S/C33H43N3O6S.2ClH/c1-33(2,39)17-20-43(40,41)36-32(38)29-15-14-26(21-31(29)42-28-8-4-3-5-9-28)25-12-10-24(11-13-25)16-19-35-23-30(37)27-7-6-18-34-22-27;;/h6-7,10-15,18,21-22,28,30,35,37,39H,3-5,8-9,16-17,19-20,23H2,1-2H3,(H,36,38);2*1H/t30-;;/m1../s1. The van der Waals surface area contributed by atoms with Gasteiger partial charge in [-0.1, -0.05) is 42.8 Å². The van der Waals surface area contributed by atoms with Crippen LogP contribution in [0.4, 0.5) is 0 Å². The molecular weight excluding hydrogens is 637 g/mol. The summed E-state index contributed by atoms with van der Waals surface area (Å²) in [7, 11) is -3.94. The number of halogens is 2. The third-order valence-electron chi connectivity index (χ3n) is 7.59. The molecule has 3 aromatic rings. The molecule has 0 unspecified atom stereocenters. The molecule has 4 N–H and O–H groups in total. The Bertz CT molecular complexity index is 1450. The van der Waals surface area contributed by atoms with Gasteiger partial charge in [0, 0.05) is 24.5 Å². The number of aliphatic hydroxyl groups excluding tert-OH is 1. The number of carbonyl (C=O) groups excluding carboxylic acids is 1. The minimum absolute atomic E-state index is 0. The van der Waals surface area contributed by atoms with E-state index in [1.165, 1.54) is 13.8 Å². The van der Waals surface area contributed by atoms with Crippen molar-refractivity contribution in [3.63, 3.8) is 0 Å². The average molecular weight is 683 g/mol. The highest BCUT2D eigenvalue weighted by atomic mass is 35.5. The number of nitrogens with zero attached hydrogens (tertiary/aromatic N) is 1. The third-order valence-corrected chi connectivity index (χ3v) is 8.83. The molecule has 1 fully saturated rings. The lowest BCUT2D eigenvalue weighted by Crippen LogP contribution is -2.35. The zero-order valence-electron chi connectivity index (χ0n) is 25.8. The summed E-state index contributed by atoms with van der Waals surface area (Å²) in [6.07, 6.45) is 8.51. The molecule has 1 aliphatic carbocycles. The second-order valence-electron chi connectivity index (χ2n) is 11.9.